The summed E-state index contributed by atoms with van der Waals surface area (Å²) in [5.41, 5.74) is 3.28. The van der Waals surface area contributed by atoms with Gasteiger partial charge in [-0.05, 0) is 54.1 Å². The van der Waals surface area contributed by atoms with Gasteiger partial charge in [-0.2, -0.15) is 14.6 Å². The van der Waals surface area contributed by atoms with Crippen molar-refractivity contribution in [2.75, 3.05) is 14.2 Å². The van der Waals surface area contributed by atoms with Crippen molar-refractivity contribution in [3.05, 3.63) is 121 Å². The van der Waals surface area contributed by atoms with E-state index in [1.165, 1.54) is 28.0 Å². The summed E-state index contributed by atoms with van der Waals surface area (Å²) >= 11 is 1.21. The fourth-order valence-corrected chi connectivity index (χ4v) is 5.26. The summed E-state index contributed by atoms with van der Waals surface area (Å²) in [6.45, 7) is 0. The maximum absolute atomic E-state index is 13.3. The number of ether oxygens (including phenoxy) is 2. The molecule has 0 aliphatic heterocycles. The zero-order valence-corrected chi connectivity index (χ0v) is 23.2. The highest BCUT2D eigenvalue weighted by Gasteiger charge is 2.15. The summed E-state index contributed by atoms with van der Waals surface area (Å²) in [6, 6.07) is 21.2. The Labute approximate surface area is 242 Å². The van der Waals surface area contributed by atoms with Gasteiger partial charge >= 0.3 is 0 Å². The number of non-ortho nitro benzene ring substituents is 1. The first-order chi connectivity index (χ1) is 20.4. The molecule has 12 heteroatoms. The van der Waals surface area contributed by atoms with Crippen molar-refractivity contribution in [1.29, 1.82) is 0 Å². The Morgan fingerprint density at radius 3 is 2.38 bits per heavy atom. The molecule has 0 saturated heterocycles. The molecule has 208 valence electrons. The topological polar surface area (TPSA) is 127 Å². The lowest BCUT2D eigenvalue weighted by Gasteiger charge is -2.07. The van der Waals surface area contributed by atoms with E-state index in [0.29, 0.717) is 43.6 Å². The third-order valence-electron chi connectivity index (χ3n) is 6.43. The predicted molar refractivity (Wildman–Crippen MR) is 160 cm³/mol. The highest BCUT2D eigenvalue weighted by molar-refractivity contribution is 7.15. The van der Waals surface area contributed by atoms with Crippen LogP contribution in [0.25, 0.3) is 40.1 Å². The molecule has 6 rings (SSSR count). The molecular formula is C30H22N6O5S. The largest absolute Gasteiger partial charge is 0.493 e. The third kappa shape index (κ3) is 5.13. The number of rotatable bonds is 8. The van der Waals surface area contributed by atoms with E-state index in [9.17, 15) is 14.9 Å². The molecule has 11 nitrogen and oxygen atoms in total. The van der Waals surface area contributed by atoms with Gasteiger partial charge in [-0.3, -0.25) is 14.9 Å². The molecule has 6 aromatic rings. The average Bonchev–Trinajstić information content (AvgIpc) is 3.71. The van der Waals surface area contributed by atoms with Gasteiger partial charge in [-0.25, -0.2) is 4.68 Å². The number of nitrogens with zero attached hydrogens (tertiary/aromatic N) is 6. The van der Waals surface area contributed by atoms with Crippen LogP contribution in [0.3, 0.4) is 0 Å². The molecule has 0 N–H and O–H groups in total. The Kier molecular flexibility index (Phi) is 7.03. The van der Waals surface area contributed by atoms with Crippen LogP contribution < -0.4 is 19.6 Å². The fraction of sp³-hybridized carbons (Fsp3) is 0.0667. The Balaban J connectivity index is 1.37. The van der Waals surface area contributed by atoms with E-state index in [4.69, 9.17) is 14.6 Å². The van der Waals surface area contributed by atoms with Gasteiger partial charge in [0.05, 0.1) is 29.4 Å². The minimum atomic E-state index is -0.450. The number of aromatic nitrogens is 5. The fourth-order valence-electron chi connectivity index (χ4n) is 4.36. The second-order valence-electron chi connectivity index (χ2n) is 9.05. The zero-order chi connectivity index (χ0) is 29.2. The van der Waals surface area contributed by atoms with Gasteiger partial charge in [-0.15, -0.1) is 5.10 Å². The number of methoxy groups -OCH3 is 2. The smallest absolute Gasteiger partial charge is 0.291 e. The molecule has 0 unspecified atom stereocenters. The molecule has 42 heavy (non-hydrogen) atoms. The molecule has 3 heterocycles. The average molecular weight is 579 g/mol. The molecule has 0 spiro atoms. The van der Waals surface area contributed by atoms with Crippen molar-refractivity contribution >= 4 is 40.2 Å². The Morgan fingerprint density at radius 2 is 1.69 bits per heavy atom. The van der Waals surface area contributed by atoms with Crippen LogP contribution in [0.15, 0.2) is 83.8 Å². The van der Waals surface area contributed by atoms with Gasteiger partial charge in [-0.1, -0.05) is 41.7 Å². The third-order valence-corrected chi connectivity index (χ3v) is 7.39. The second kappa shape index (κ2) is 11.1. The molecule has 0 amide bonds. The minimum absolute atomic E-state index is 0.0184. The summed E-state index contributed by atoms with van der Waals surface area (Å²) in [4.78, 5) is 29.0. The lowest BCUT2D eigenvalue weighted by Crippen LogP contribution is -2.23. The van der Waals surface area contributed by atoms with Gasteiger partial charge < -0.3 is 9.47 Å². The summed E-state index contributed by atoms with van der Waals surface area (Å²) in [7, 11) is 3.15. The van der Waals surface area contributed by atoms with Gasteiger partial charge in [0.25, 0.3) is 11.2 Å². The summed E-state index contributed by atoms with van der Waals surface area (Å²) in [5.74, 6) is 1.62. The highest BCUT2D eigenvalue weighted by Crippen LogP contribution is 2.29. The van der Waals surface area contributed by atoms with E-state index in [1.54, 1.807) is 49.3 Å². The van der Waals surface area contributed by atoms with Crippen LogP contribution in [0.2, 0.25) is 0 Å². The number of para-hydroxylation sites is 1. The second-order valence-corrected chi connectivity index (χ2v) is 10.1. The van der Waals surface area contributed by atoms with Crippen LogP contribution in [-0.4, -0.2) is 43.5 Å². The van der Waals surface area contributed by atoms with Crippen molar-refractivity contribution in [1.82, 2.24) is 24.4 Å². The first-order valence-electron chi connectivity index (χ1n) is 12.6. The normalized spacial score (nSPS) is 11.9. The van der Waals surface area contributed by atoms with E-state index < -0.39 is 4.92 Å². The van der Waals surface area contributed by atoms with Crippen molar-refractivity contribution < 1.29 is 14.4 Å². The number of nitro benzene ring substituents is 1. The Morgan fingerprint density at radius 1 is 0.929 bits per heavy atom. The maximum Gasteiger partial charge on any atom is 0.291 e. The highest BCUT2D eigenvalue weighted by atomic mass is 32.1. The maximum atomic E-state index is 13.3. The molecule has 0 aliphatic rings. The monoisotopic (exact) mass is 578 g/mol. The molecule has 3 aromatic carbocycles. The van der Waals surface area contributed by atoms with Gasteiger partial charge in [0.2, 0.25) is 4.96 Å². The number of benzene rings is 3. The first-order valence-corrected chi connectivity index (χ1v) is 13.5. The van der Waals surface area contributed by atoms with E-state index in [1.807, 2.05) is 54.7 Å². The van der Waals surface area contributed by atoms with E-state index >= 15 is 0 Å². The quantitative estimate of drug-likeness (QED) is 0.189. The van der Waals surface area contributed by atoms with E-state index in [0.717, 1.165) is 11.3 Å². The molecule has 0 aliphatic carbocycles. The number of hydrogen-bond donors (Lipinski definition) is 0. The van der Waals surface area contributed by atoms with Crippen LogP contribution in [0.5, 0.6) is 11.5 Å². The van der Waals surface area contributed by atoms with Crippen LogP contribution in [0.4, 0.5) is 5.69 Å². The number of thiazole rings is 1. The van der Waals surface area contributed by atoms with Gasteiger partial charge in [0.15, 0.2) is 17.3 Å². The summed E-state index contributed by atoms with van der Waals surface area (Å²) in [5, 5.41) is 20.3. The molecule has 0 saturated carbocycles. The summed E-state index contributed by atoms with van der Waals surface area (Å²) in [6.07, 6.45) is 7.11. The SMILES string of the molecule is COc1ccc(/C=C/c2nc3s/c(=C\c4cn(-c5ccccc5)nc4-c4ccc([N+](=O)[O-])cc4)c(=O)n3n2)cc1OC. The lowest BCUT2D eigenvalue weighted by molar-refractivity contribution is -0.384. The first kappa shape index (κ1) is 26.6. The predicted octanol–water partition coefficient (Wildman–Crippen LogP) is 4.65. The molecule has 3 aromatic heterocycles. The van der Waals surface area contributed by atoms with Crippen LogP contribution >= 0.6 is 11.3 Å². The summed E-state index contributed by atoms with van der Waals surface area (Å²) < 4.78 is 14.0. The number of fused-ring (bicyclic) bond motifs is 1. The molecule has 0 fully saturated rings. The number of hydrogen-bond acceptors (Lipinski definition) is 9. The molecule has 0 bridgehead atoms. The van der Waals surface area contributed by atoms with E-state index in [2.05, 4.69) is 10.1 Å². The van der Waals surface area contributed by atoms with Crippen molar-refractivity contribution in [2.24, 2.45) is 0 Å². The van der Waals surface area contributed by atoms with Crippen molar-refractivity contribution in [3.63, 3.8) is 0 Å². The van der Waals surface area contributed by atoms with Gasteiger partial charge in [0.1, 0.15) is 5.69 Å². The van der Waals surface area contributed by atoms with Crippen molar-refractivity contribution in [2.45, 2.75) is 0 Å². The minimum Gasteiger partial charge on any atom is -0.493 e. The van der Waals surface area contributed by atoms with Crippen LogP contribution in [0.1, 0.15) is 17.0 Å². The van der Waals surface area contributed by atoms with Crippen LogP contribution in [-0.2, 0) is 0 Å². The zero-order valence-electron chi connectivity index (χ0n) is 22.4. The molecule has 0 atom stereocenters. The molecular weight excluding hydrogens is 556 g/mol. The number of nitro groups is 1. The van der Waals surface area contributed by atoms with Gasteiger partial charge in [0, 0.05) is 29.5 Å². The molecule has 0 radical (unpaired) electrons. The Bertz CT molecular complexity index is 2060. The van der Waals surface area contributed by atoms with E-state index in [-0.39, 0.29) is 11.2 Å². The Hall–Kier alpha value is -5.62. The lowest BCUT2D eigenvalue weighted by atomic mass is 10.1. The van der Waals surface area contributed by atoms with Crippen LogP contribution in [0, 0.1) is 10.1 Å². The van der Waals surface area contributed by atoms with Crippen molar-refractivity contribution in [3.8, 4) is 28.4 Å². The standard InChI is InChI=1S/C30H22N6O5S/c1-40-24-14-8-19(16-25(24)41-2)9-15-27-31-30-35(32-27)29(37)26(42-30)17-21-18-34(22-6-4-3-5-7-22)33-28(21)20-10-12-23(13-11-20)36(38)39/h3-18H,1-2H3/b15-9+,26-17-.